The molecule has 0 spiro atoms. The quantitative estimate of drug-likeness (QED) is 0.600. The molecular formula is C12H15N3O. The zero-order valence-corrected chi connectivity index (χ0v) is 9.18. The molecule has 1 atom stereocenters. The molecule has 3 N–H and O–H groups in total. The van der Waals surface area contributed by atoms with E-state index in [-0.39, 0.29) is 6.04 Å². The van der Waals surface area contributed by atoms with E-state index in [0.29, 0.717) is 6.61 Å². The summed E-state index contributed by atoms with van der Waals surface area (Å²) in [5.41, 5.74) is 3.87. The summed E-state index contributed by atoms with van der Waals surface area (Å²) in [7, 11) is 1.66. The van der Waals surface area contributed by atoms with Gasteiger partial charge in [0.05, 0.1) is 12.6 Å². The number of ether oxygens (including phenoxy) is 1. The average Bonchev–Trinajstić information content (AvgIpc) is 2.35. The second-order valence-corrected chi connectivity index (χ2v) is 3.62. The predicted octanol–water partition coefficient (Wildman–Crippen LogP) is 1.39. The summed E-state index contributed by atoms with van der Waals surface area (Å²) >= 11 is 0. The number of pyridine rings is 1. The standard InChI is InChI=1S/C12H15N3O/c1-16-8-12(15-13)10-4-2-3-9-5-6-14-7-11(9)10/h2-7,12,15H,8,13H2,1H3. The molecule has 0 aliphatic carbocycles. The Kier molecular flexibility index (Phi) is 3.46. The molecule has 16 heavy (non-hydrogen) atoms. The van der Waals surface area contributed by atoms with Gasteiger partial charge in [0, 0.05) is 24.9 Å². The Bertz CT molecular complexity index is 467. The van der Waals surface area contributed by atoms with Crippen molar-refractivity contribution in [3.63, 3.8) is 0 Å². The van der Waals surface area contributed by atoms with E-state index in [4.69, 9.17) is 10.6 Å². The molecule has 2 aromatic rings. The van der Waals surface area contributed by atoms with Crippen molar-refractivity contribution in [2.24, 2.45) is 5.84 Å². The summed E-state index contributed by atoms with van der Waals surface area (Å²) < 4.78 is 5.14. The predicted molar refractivity (Wildman–Crippen MR) is 63.7 cm³/mol. The number of aromatic nitrogens is 1. The first-order valence-electron chi connectivity index (χ1n) is 5.14. The minimum atomic E-state index is -0.0158. The Morgan fingerprint density at radius 1 is 1.44 bits per heavy atom. The van der Waals surface area contributed by atoms with E-state index >= 15 is 0 Å². The molecule has 4 nitrogen and oxygen atoms in total. The third-order valence-electron chi connectivity index (χ3n) is 2.63. The first-order valence-corrected chi connectivity index (χ1v) is 5.14. The highest BCUT2D eigenvalue weighted by Gasteiger charge is 2.12. The van der Waals surface area contributed by atoms with Gasteiger partial charge in [-0.25, -0.2) is 0 Å². The minimum absolute atomic E-state index is 0.0158. The van der Waals surface area contributed by atoms with Crippen LogP contribution in [0.3, 0.4) is 0 Å². The number of rotatable bonds is 4. The largest absolute Gasteiger partial charge is 0.383 e. The maximum atomic E-state index is 5.53. The van der Waals surface area contributed by atoms with Crippen molar-refractivity contribution >= 4 is 10.8 Å². The number of nitrogens with two attached hydrogens (primary N) is 1. The highest BCUT2D eigenvalue weighted by molar-refractivity contribution is 5.85. The molecule has 0 radical (unpaired) electrons. The van der Waals surface area contributed by atoms with Crippen molar-refractivity contribution < 1.29 is 4.74 Å². The van der Waals surface area contributed by atoms with Crippen LogP contribution in [0.1, 0.15) is 11.6 Å². The van der Waals surface area contributed by atoms with Crippen LogP contribution >= 0.6 is 0 Å². The van der Waals surface area contributed by atoms with Gasteiger partial charge in [0.1, 0.15) is 0 Å². The fourth-order valence-electron chi connectivity index (χ4n) is 1.84. The summed E-state index contributed by atoms with van der Waals surface area (Å²) in [6, 6.07) is 8.07. The molecule has 0 saturated heterocycles. The summed E-state index contributed by atoms with van der Waals surface area (Å²) in [4.78, 5) is 4.14. The maximum Gasteiger partial charge on any atom is 0.0700 e. The molecule has 84 valence electrons. The molecule has 0 saturated carbocycles. The van der Waals surface area contributed by atoms with E-state index in [2.05, 4.69) is 16.5 Å². The van der Waals surface area contributed by atoms with Gasteiger partial charge in [-0.15, -0.1) is 0 Å². The number of nitrogens with one attached hydrogen (secondary N) is 1. The van der Waals surface area contributed by atoms with Crippen LogP contribution in [0.4, 0.5) is 0 Å². The summed E-state index contributed by atoms with van der Waals surface area (Å²) in [6.07, 6.45) is 3.64. The first-order chi connectivity index (χ1) is 7.86. The van der Waals surface area contributed by atoms with Gasteiger partial charge in [-0.1, -0.05) is 18.2 Å². The lowest BCUT2D eigenvalue weighted by Crippen LogP contribution is -2.31. The number of benzene rings is 1. The third kappa shape index (κ3) is 2.04. The Balaban J connectivity index is 2.50. The fraction of sp³-hybridized carbons (Fsp3) is 0.250. The van der Waals surface area contributed by atoms with E-state index < -0.39 is 0 Å². The summed E-state index contributed by atoms with van der Waals surface area (Å²) in [6.45, 7) is 0.532. The Labute approximate surface area is 94.4 Å². The lowest BCUT2D eigenvalue weighted by atomic mass is 10.0. The van der Waals surface area contributed by atoms with Crippen LogP contribution in [0, 0.1) is 0 Å². The number of hydrogen-bond donors (Lipinski definition) is 2. The molecule has 4 heteroatoms. The summed E-state index contributed by atoms with van der Waals surface area (Å²) in [5.74, 6) is 5.53. The van der Waals surface area contributed by atoms with Crippen molar-refractivity contribution in [2.75, 3.05) is 13.7 Å². The van der Waals surface area contributed by atoms with E-state index in [1.165, 1.54) is 0 Å². The van der Waals surface area contributed by atoms with Crippen molar-refractivity contribution in [1.29, 1.82) is 0 Å². The van der Waals surface area contributed by atoms with Gasteiger partial charge in [0.15, 0.2) is 0 Å². The van der Waals surface area contributed by atoms with Crippen LogP contribution in [0.15, 0.2) is 36.7 Å². The number of fused-ring (bicyclic) bond motifs is 1. The van der Waals surface area contributed by atoms with E-state index in [1.807, 2.05) is 24.4 Å². The number of methoxy groups -OCH3 is 1. The monoisotopic (exact) mass is 217 g/mol. The number of nitrogens with zero attached hydrogens (tertiary/aromatic N) is 1. The van der Waals surface area contributed by atoms with Gasteiger partial charge in [0.25, 0.3) is 0 Å². The van der Waals surface area contributed by atoms with Gasteiger partial charge in [-0.2, -0.15) is 0 Å². The van der Waals surface area contributed by atoms with Gasteiger partial charge < -0.3 is 4.74 Å². The zero-order chi connectivity index (χ0) is 11.4. The third-order valence-corrected chi connectivity index (χ3v) is 2.63. The van der Waals surface area contributed by atoms with Crippen molar-refractivity contribution in [1.82, 2.24) is 10.4 Å². The van der Waals surface area contributed by atoms with E-state index in [1.54, 1.807) is 13.3 Å². The smallest absolute Gasteiger partial charge is 0.0700 e. The first kappa shape index (κ1) is 11.0. The van der Waals surface area contributed by atoms with Crippen molar-refractivity contribution in [3.8, 4) is 0 Å². The van der Waals surface area contributed by atoms with Crippen LogP contribution in [0.25, 0.3) is 10.8 Å². The van der Waals surface area contributed by atoms with Crippen molar-refractivity contribution in [3.05, 3.63) is 42.2 Å². The van der Waals surface area contributed by atoms with Gasteiger partial charge in [-0.05, 0) is 17.0 Å². The highest BCUT2D eigenvalue weighted by Crippen LogP contribution is 2.23. The molecule has 0 aliphatic rings. The molecule has 0 aliphatic heterocycles. The minimum Gasteiger partial charge on any atom is -0.383 e. The number of hydrazine groups is 1. The lowest BCUT2D eigenvalue weighted by molar-refractivity contribution is 0.168. The fourth-order valence-corrected chi connectivity index (χ4v) is 1.84. The highest BCUT2D eigenvalue weighted by atomic mass is 16.5. The van der Waals surface area contributed by atoms with Crippen LogP contribution in [-0.4, -0.2) is 18.7 Å². The van der Waals surface area contributed by atoms with E-state index in [9.17, 15) is 0 Å². The number of hydrogen-bond acceptors (Lipinski definition) is 4. The second kappa shape index (κ2) is 5.03. The Morgan fingerprint density at radius 3 is 3.06 bits per heavy atom. The van der Waals surface area contributed by atoms with Gasteiger partial charge in [0.2, 0.25) is 0 Å². The van der Waals surface area contributed by atoms with Crippen LogP contribution in [0.2, 0.25) is 0 Å². The molecule has 1 heterocycles. The van der Waals surface area contributed by atoms with Crippen LogP contribution < -0.4 is 11.3 Å². The second-order valence-electron chi connectivity index (χ2n) is 3.62. The molecule has 0 fully saturated rings. The lowest BCUT2D eigenvalue weighted by Gasteiger charge is -2.17. The zero-order valence-electron chi connectivity index (χ0n) is 9.18. The van der Waals surface area contributed by atoms with Gasteiger partial charge >= 0.3 is 0 Å². The topological polar surface area (TPSA) is 60.2 Å². The maximum absolute atomic E-state index is 5.53. The molecule has 1 aromatic carbocycles. The van der Waals surface area contributed by atoms with Gasteiger partial charge in [-0.3, -0.25) is 16.3 Å². The summed E-state index contributed by atoms with van der Waals surface area (Å²) in [5, 5.41) is 2.26. The average molecular weight is 217 g/mol. The van der Waals surface area contributed by atoms with Crippen molar-refractivity contribution in [2.45, 2.75) is 6.04 Å². The van der Waals surface area contributed by atoms with Crippen LogP contribution in [-0.2, 0) is 4.74 Å². The Morgan fingerprint density at radius 2 is 2.31 bits per heavy atom. The molecular weight excluding hydrogens is 202 g/mol. The van der Waals surface area contributed by atoms with Crippen LogP contribution in [0.5, 0.6) is 0 Å². The normalized spacial score (nSPS) is 12.9. The molecule has 0 bridgehead atoms. The molecule has 1 unspecified atom stereocenters. The SMILES string of the molecule is COCC(NN)c1cccc2ccncc12. The molecule has 2 rings (SSSR count). The molecule has 1 aromatic heterocycles. The van der Waals surface area contributed by atoms with E-state index in [0.717, 1.165) is 16.3 Å². The molecule has 0 amide bonds. The Hall–Kier alpha value is -1.49.